The highest BCUT2D eigenvalue weighted by Crippen LogP contribution is 2.13. The minimum absolute atomic E-state index is 0.0314. The van der Waals surface area contributed by atoms with Gasteiger partial charge in [-0.15, -0.1) is 11.3 Å². The van der Waals surface area contributed by atoms with Gasteiger partial charge in [0.05, 0.1) is 25.4 Å². The van der Waals surface area contributed by atoms with E-state index in [1.54, 1.807) is 23.2 Å². The fourth-order valence-corrected chi connectivity index (χ4v) is 3.28. The maximum atomic E-state index is 12.2. The molecule has 21 heavy (non-hydrogen) atoms. The molecule has 0 saturated carbocycles. The number of nitrogens with one attached hydrogen (secondary N) is 1. The number of nitrogens with zero attached hydrogens (tertiary/aromatic N) is 1. The molecular weight excluding hydrogens is 288 g/mol. The summed E-state index contributed by atoms with van der Waals surface area (Å²) in [5, 5.41) is 14.6. The first kappa shape index (κ1) is 16.3. The Balaban J connectivity index is 1.72. The van der Waals surface area contributed by atoms with E-state index in [4.69, 9.17) is 4.74 Å². The Hall–Kier alpha value is -1.11. The molecule has 2 N–H and O–H groups in total. The zero-order chi connectivity index (χ0) is 15.1. The van der Waals surface area contributed by atoms with Crippen molar-refractivity contribution < 1.29 is 14.6 Å². The summed E-state index contributed by atoms with van der Waals surface area (Å²) in [5.41, 5.74) is 0. The van der Waals surface area contributed by atoms with Crippen molar-refractivity contribution in [3.05, 3.63) is 22.4 Å². The molecule has 2 unspecified atom stereocenters. The Bertz CT molecular complexity index is 423. The number of thiophene rings is 1. The zero-order valence-corrected chi connectivity index (χ0v) is 13.3. The smallest absolute Gasteiger partial charge is 0.317 e. The molecule has 6 heteroatoms. The van der Waals surface area contributed by atoms with E-state index in [1.807, 2.05) is 6.07 Å². The number of carbonyl (C=O) groups is 1. The molecule has 118 valence electrons. The number of aryl methyl sites for hydroxylation is 1. The van der Waals surface area contributed by atoms with Gasteiger partial charge in [-0.2, -0.15) is 0 Å². The summed E-state index contributed by atoms with van der Waals surface area (Å²) in [4.78, 5) is 15.4. The van der Waals surface area contributed by atoms with E-state index < -0.39 is 6.10 Å². The number of hydrogen-bond donors (Lipinski definition) is 2. The van der Waals surface area contributed by atoms with Crippen LogP contribution in [-0.4, -0.2) is 54.5 Å². The van der Waals surface area contributed by atoms with Crippen LogP contribution < -0.4 is 5.32 Å². The first-order chi connectivity index (χ1) is 10.2. The third-order valence-corrected chi connectivity index (χ3v) is 4.49. The lowest BCUT2D eigenvalue weighted by Crippen LogP contribution is -2.53. The van der Waals surface area contributed by atoms with Gasteiger partial charge < -0.3 is 20.1 Å². The second-order valence-electron chi connectivity index (χ2n) is 5.42. The van der Waals surface area contributed by atoms with Crippen molar-refractivity contribution in [2.24, 2.45) is 0 Å². The van der Waals surface area contributed by atoms with Crippen LogP contribution in [0.4, 0.5) is 4.79 Å². The zero-order valence-electron chi connectivity index (χ0n) is 12.5. The molecule has 1 saturated heterocycles. The van der Waals surface area contributed by atoms with Gasteiger partial charge in [-0.05, 0) is 37.6 Å². The molecule has 1 aliphatic rings. The Morgan fingerprint density at radius 2 is 2.52 bits per heavy atom. The minimum atomic E-state index is -0.425. The molecule has 0 radical (unpaired) electrons. The maximum Gasteiger partial charge on any atom is 0.317 e. The van der Waals surface area contributed by atoms with Crippen LogP contribution in [0.25, 0.3) is 0 Å². The monoisotopic (exact) mass is 312 g/mol. The average Bonchev–Trinajstić information content (AvgIpc) is 2.96. The molecule has 0 aromatic carbocycles. The highest BCUT2D eigenvalue weighted by atomic mass is 32.1. The molecule has 2 heterocycles. The first-order valence-electron chi connectivity index (χ1n) is 7.49. The number of aliphatic hydroxyl groups is 1. The lowest BCUT2D eigenvalue weighted by atomic mass is 10.1. The van der Waals surface area contributed by atoms with Crippen LogP contribution in [-0.2, 0) is 11.2 Å². The summed E-state index contributed by atoms with van der Waals surface area (Å²) in [6, 6.07) is 4.09. The van der Waals surface area contributed by atoms with Crippen LogP contribution in [0.1, 0.15) is 24.6 Å². The molecule has 0 aliphatic carbocycles. The molecule has 0 spiro atoms. The molecule has 0 bridgehead atoms. The van der Waals surface area contributed by atoms with Crippen molar-refractivity contribution in [2.45, 2.75) is 38.3 Å². The van der Waals surface area contributed by atoms with Gasteiger partial charge in [0.1, 0.15) is 0 Å². The van der Waals surface area contributed by atoms with Crippen molar-refractivity contribution in [3.8, 4) is 0 Å². The van der Waals surface area contributed by atoms with Crippen LogP contribution in [0.3, 0.4) is 0 Å². The standard InChI is InChI=1S/C15H24N2O3S/c1-12(18)10-13-11-20-8-7-17(13)15(19)16-6-2-4-14-5-3-9-21-14/h3,5,9,12-13,18H,2,4,6-8,10-11H2,1H3,(H,16,19). The molecule has 1 aromatic rings. The summed E-state index contributed by atoms with van der Waals surface area (Å²) < 4.78 is 5.41. The van der Waals surface area contributed by atoms with Gasteiger partial charge in [-0.1, -0.05) is 6.07 Å². The minimum Gasteiger partial charge on any atom is -0.393 e. The first-order valence-corrected chi connectivity index (χ1v) is 8.37. The van der Waals surface area contributed by atoms with E-state index in [-0.39, 0.29) is 12.1 Å². The second kappa shape index (κ2) is 8.36. The van der Waals surface area contributed by atoms with Gasteiger partial charge in [0.2, 0.25) is 0 Å². The largest absolute Gasteiger partial charge is 0.393 e. The van der Waals surface area contributed by atoms with E-state index in [0.717, 1.165) is 12.8 Å². The van der Waals surface area contributed by atoms with Crippen LogP contribution in [0.5, 0.6) is 0 Å². The molecule has 1 aromatic heterocycles. The summed E-state index contributed by atoms with van der Waals surface area (Å²) in [5.74, 6) is 0. The number of urea groups is 1. The summed E-state index contributed by atoms with van der Waals surface area (Å²) in [7, 11) is 0. The Morgan fingerprint density at radius 3 is 3.24 bits per heavy atom. The molecule has 2 rings (SSSR count). The predicted molar refractivity (Wildman–Crippen MR) is 83.6 cm³/mol. The summed E-state index contributed by atoms with van der Waals surface area (Å²) in [6.07, 6.45) is 2.07. The van der Waals surface area contributed by atoms with Gasteiger partial charge in [0, 0.05) is 18.0 Å². The van der Waals surface area contributed by atoms with E-state index in [2.05, 4.69) is 16.8 Å². The number of ether oxygens (including phenoxy) is 1. The van der Waals surface area contributed by atoms with E-state index in [0.29, 0.717) is 32.7 Å². The van der Waals surface area contributed by atoms with Crippen LogP contribution >= 0.6 is 11.3 Å². The quantitative estimate of drug-likeness (QED) is 0.788. The molecule has 2 amide bonds. The summed E-state index contributed by atoms with van der Waals surface area (Å²) >= 11 is 1.75. The Morgan fingerprint density at radius 1 is 1.67 bits per heavy atom. The fourth-order valence-electron chi connectivity index (χ4n) is 2.53. The molecule has 5 nitrogen and oxygen atoms in total. The van der Waals surface area contributed by atoms with Crippen LogP contribution in [0.15, 0.2) is 17.5 Å². The summed E-state index contributed by atoms with van der Waals surface area (Å²) in [6.45, 7) is 4.09. The topological polar surface area (TPSA) is 61.8 Å². The van der Waals surface area contributed by atoms with E-state index in [9.17, 15) is 9.90 Å². The molecule has 1 aliphatic heterocycles. The van der Waals surface area contributed by atoms with Gasteiger partial charge in [0.15, 0.2) is 0 Å². The highest BCUT2D eigenvalue weighted by Gasteiger charge is 2.27. The van der Waals surface area contributed by atoms with Crippen molar-refractivity contribution in [1.29, 1.82) is 0 Å². The van der Waals surface area contributed by atoms with Gasteiger partial charge in [-0.3, -0.25) is 0 Å². The number of rotatable bonds is 6. The SMILES string of the molecule is CC(O)CC1COCCN1C(=O)NCCCc1cccs1. The second-order valence-corrected chi connectivity index (χ2v) is 6.45. The van der Waals surface area contributed by atoms with Crippen LogP contribution in [0, 0.1) is 0 Å². The van der Waals surface area contributed by atoms with Crippen LogP contribution in [0.2, 0.25) is 0 Å². The normalized spacial score (nSPS) is 20.3. The van der Waals surface area contributed by atoms with E-state index >= 15 is 0 Å². The van der Waals surface area contributed by atoms with Gasteiger partial charge in [-0.25, -0.2) is 4.79 Å². The molecule has 1 fully saturated rings. The lowest BCUT2D eigenvalue weighted by Gasteiger charge is -2.36. The molecular formula is C15H24N2O3S. The maximum absolute atomic E-state index is 12.2. The van der Waals surface area contributed by atoms with Crippen molar-refractivity contribution in [2.75, 3.05) is 26.3 Å². The number of hydrogen-bond acceptors (Lipinski definition) is 4. The third-order valence-electron chi connectivity index (χ3n) is 3.56. The average molecular weight is 312 g/mol. The van der Waals surface area contributed by atoms with Crippen molar-refractivity contribution in [3.63, 3.8) is 0 Å². The van der Waals surface area contributed by atoms with Crippen molar-refractivity contribution in [1.82, 2.24) is 10.2 Å². The van der Waals surface area contributed by atoms with Gasteiger partial charge >= 0.3 is 6.03 Å². The number of morpholine rings is 1. The predicted octanol–water partition coefficient (Wildman–Crippen LogP) is 1.86. The molecule has 2 atom stereocenters. The number of aliphatic hydroxyl groups excluding tert-OH is 1. The lowest BCUT2D eigenvalue weighted by molar-refractivity contribution is -0.00428. The number of amides is 2. The number of carbonyl (C=O) groups excluding carboxylic acids is 1. The fraction of sp³-hybridized carbons (Fsp3) is 0.667. The third kappa shape index (κ3) is 5.30. The van der Waals surface area contributed by atoms with E-state index in [1.165, 1.54) is 4.88 Å². The van der Waals surface area contributed by atoms with Crippen molar-refractivity contribution >= 4 is 17.4 Å². The Labute approximate surface area is 129 Å². The Kier molecular flexibility index (Phi) is 6.48. The highest BCUT2D eigenvalue weighted by molar-refractivity contribution is 7.09. The van der Waals surface area contributed by atoms with Gasteiger partial charge in [0.25, 0.3) is 0 Å².